The molecule has 0 amide bonds. The predicted molar refractivity (Wildman–Crippen MR) is 92.4 cm³/mol. The molecular weight excluding hydrogens is 324 g/mol. The van der Waals surface area contributed by atoms with E-state index in [2.05, 4.69) is 4.98 Å². The van der Waals surface area contributed by atoms with E-state index in [9.17, 15) is 14.9 Å². The third kappa shape index (κ3) is 3.16. The second kappa shape index (κ2) is 6.64. The van der Waals surface area contributed by atoms with E-state index >= 15 is 0 Å². The molecule has 0 saturated carbocycles. The minimum absolute atomic E-state index is 0.0199. The number of ketones is 1. The van der Waals surface area contributed by atoms with Gasteiger partial charge in [-0.1, -0.05) is 18.2 Å². The SMILES string of the molecule is COc1ccc(O[C@@H](C)C(=O)c2c[nH]c3ccccc23)c([N+](=O)[O-])c1. The second-order valence-corrected chi connectivity index (χ2v) is 5.46. The van der Waals surface area contributed by atoms with Gasteiger partial charge in [-0.3, -0.25) is 14.9 Å². The standard InChI is InChI=1S/C18H16N2O5/c1-11(18(21)14-10-19-15-6-4-3-5-13(14)15)25-17-8-7-12(24-2)9-16(17)20(22)23/h3-11,19H,1-2H3/t11-/m0/s1. The fourth-order valence-electron chi connectivity index (χ4n) is 2.60. The number of benzene rings is 2. The quantitative estimate of drug-likeness (QED) is 0.419. The molecule has 7 heteroatoms. The Morgan fingerprint density at radius 1 is 1.24 bits per heavy atom. The van der Waals surface area contributed by atoms with Crippen molar-refractivity contribution in [1.82, 2.24) is 4.98 Å². The molecule has 0 aliphatic carbocycles. The molecule has 3 rings (SSSR count). The first-order valence-electron chi connectivity index (χ1n) is 7.60. The van der Waals surface area contributed by atoms with E-state index in [1.807, 2.05) is 24.3 Å². The van der Waals surface area contributed by atoms with Crippen molar-refractivity contribution in [1.29, 1.82) is 0 Å². The molecule has 1 N–H and O–H groups in total. The number of hydrogen-bond acceptors (Lipinski definition) is 5. The number of H-pyrrole nitrogens is 1. The van der Waals surface area contributed by atoms with Gasteiger partial charge in [0.15, 0.2) is 11.9 Å². The molecule has 0 unspecified atom stereocenters. The van der Waals surface area contributed by atoms with Crippen molar-refractivity contribution >= 4 is 22.4 Å². The summed E-state index contributed by atoms with van der Waals surface area (Å²) < 4.78 is 10.6. The zero-order valence-electron chi connectivity index (χ0n) is 13.7. The van der Waals surface area contributed by atoms with Gasteiger partial charge in [0.2, 0.25) is 5.78 Å². The molecule has 0 saturated heterocycles. The summed E-state index contributed by atoms with van der Waals surface area (Å²) in [6.07, 6.45) is 0.737. The molecule has 0 aliphatic heterocycles. The Morgan fingerprint density at radius 2 is 2.00 bits per heavy atom. The van der Waals surface area contributed by atoms with Crippen LogP contribution < -0.4 is 9.47 Å². The number of para-hydroxylation sites is 1. The molecular formula is C18H16N2O5. The van der Waals surface area contributed by atoms with Crippen LogP contribution in [-0.2, 0) is 0 Å². The summed E-state index contributed by atoms with van der Waals surface area (Å²) >= 11 is 0. The van der Waals surface area contributed by atoms with Gasteiger partial charge in [0, 0.05) is 22.7 Å². The molecule has 0 fully saturated rings. The number of nitrogens with one attached hydrogen (secondary N) is 1. The summed E-state index contributed by atoms with van der Waals surface area (Å²) in [5.41, 5.74) is 1.07. The highest BCUT2D eigenvalue weighted by atomic mass is 16.6. The molecule has 0 radical (unpaired) electrons. The number of fused-ring (bicyclic) bond motifs is 1. The number of carbonyl (C=O) groups excluding carboxylic acids is 1. The van der Waals surface area contributed by atoms with E-state index in [0.29, 0.717) is 11.3 Å². The fourth-order valence-corrected chi connectivity index (χ4v) is 2.60. The number of nitrogens with zero attached hydrogens (tertiary/aromatic N) is 1. The molecule has 0 spiro atoms. The highest BCUT2D eigenvalue weighted by molar-refractivity contribution is 6.09. The zero-order valence-corrected chi connectivity index (χ0v) is 13.7. The van der Waals surface area contributed by atoms with Crippen molar-refractivity contribution in [3.63, 3.8) is 0 Å². The largest absolute Gasteiger partial charge is 0.496 e. The van der Waals surface area contributed by atoms with Crippen LogP contribution in [0.1, 0.15) is 17.3 Å². The summed E-state index contributed by atoms with van der Waals surface area (Å²) in [5, 5.41) is 12.0. The topological polar surface area (TPSA) is 94.5 Å². The van der Waals surface area contributed by atoms with Gasteiger partial charge in [-0.25, -0.2) is 0 Å². The van der Waals surface area contributed by atoms with Crippen molar-refractivity contribution in [3.8, 4) is 11.5 Å². The smallest absolute Gasteiger partial charge is 0.314 e. The number of methoxy groups -OCH3 is 1. The number of ether oxygens (including phenoxy) is 2. The predicted octanol–water partition coefficient (Wildman–Crippen LogP) is 3.73. The van der Waals surface area contributed by atoms with Crippen LogP contribution in [-0.4, -0.2) is 28.9 Å². The van der Waals surface area contributed by atoms with E-state index in [0.717, 1.165) is 10.9 Å². The number of nitro groups is 1. The van der Waals surface area contributed by atoms with E-state index in [4.69, 9.17) is 9.47 Å². The highest BCUT2D eigenvalue weighted by Gasteiger charge is 2.24. The molecule has 128 valence electrons. The number of carbonyl (C=O) groups is 1. The van der Waals surface area contributed by atoms with Crippen molar-refractivity contribution in [2.75, 3.05) is 7.11 Å². The van der Waals surface area contributed by atoms with E-state index < -0.39 is 11.0 Å². The summed E-state index contributed by atoms with van der Waals surface area (Å²) in [5.74, 6) is 0.101. The zero-order chi connectivity index (χ0) is 18.0. The lowest BCUT2D eigenvalue weighted by atomic mass is 10.1. The van der Waals surface area contributed by atoms with Gasteiger partial charge < -0.3 is 14.5 Å². The Bertz CT molecular complexity index is 948. The Hall–Kier alpha value is -3.35. The van der Waals surface area contributed by atoms with Crippen molar-refractivity contribution < 1.29 is 19.2 Å². The minimum atomic E-state index is -0.883. The van der Waals surface area contributed by atoms with Crippen LogP contribution in [0.4, 0.5) is 5.69 Å². The summed E-state index contributed by atoms with van der Waals surface area (Å²) in [6.45, 7) is 1.57. The van der Waals surface area contributed by atoms with Crippen molar-refractivity contribution in [2.24, 2.45) is 0 Å². The first-order chi connectivity index (χ1) is 12.0. The van der Waals surface area contributed by atoms with Crippen LogP contribution in [0, 0.1) is 10.1 Å². The maximum Gasteiger partial charge on any atom is 0.314 e. The van der Waals surface area contributed by atoms with Crippen LogP contribution in [0.3, 0.4) is 0 Å². The Labute approximate surface area is 143 Å². The van der Waals surface area contributed by atoms with Gasteiger partial charge in [-0.15, -0.1) is 0 Å². The van der Waals surface area contributed by atoms with Gasteiger partial charge >= 0.3 is 5.69 Å². The summed E-state index contributed by atoms with van der Waals surface area (Å²) in [7, 11) is 1.42. The van der Waals surface area contributed by atoms with Crippen LogP contribution >= 0.6 is 0 Å². The molecule has 3 aromatic rings. The van der Waals surface area contributed by atoms with Gasteiger partial charge in [0.25, 0.3) is 0 Å². The molecule has 0 aliphatic rings. The van der Waals surface area contributed by atoms with E-state index in [-0.39, 0.29) is 17.2 Å². The summed E-state index contributed by atoms with van der Waals surface area (Å²) in [4.78, 5) is 26.4. The first-order valence-corrected chi connectivity index (χ1v) is 7.60. The fraction of sp³-hybridized carbons (Fsp3) is 0.167. The molecule has 1 atom stereocenters. The number of aromatic nitrogens is 1. The lowest BCUT2D eigenvalue weighted by Gasteiger charge is -2.14. The van der Waals surface area contributed by atoms with Gasteiger partial charge in [0.05, 0.1) is 18.1 Å². The number of nitro benzene ring substituents is 1. The molecule has 7 nitrogen and oxygen atoms in total. The monoisotopic (exact) mass is 340 g/mol. The van der Waals surface area contributed by atoms with E-state index in [1.54, 1.807) is 19.2 Å². The number of hydrogen-bond donors (Lipinski definition) is 1. The lowest BCUT2D eigenvalue weighted by Crippen LogP contribution is -2.24. The van der Waals surface area contributed by atoms with Crippen molar-refractivity contribution in [2.45, 2.75) is 13.0 Å². The Kier molecular flexibility index (Phi) is 4.38. The Balaban J connectivity index is 1.88. The minimum Gasteiger partial charge on any atom is -0.496 e. The van der Waals surface area contributed by atoms with Crippen LogP contribution in [0.25, 0.3) is 10.9 Å². The average molecular weight is 340 g/mol. The lowest BCUT2D eigenvalue weighted by molar-refractivity contribution is -0.386. The van der Waals surface area contributed by atoms with Gasteiger partial charge in [0.1, 0.15) is 5.75 Å². The summed E-state index contributed by atoms with van der Waals surface area (Å²) in [6, 6.07) is 11.6. The second-order valence-electron chi connectivity index (χ2n) is 5.46. The van der Waals surface area contributed by atoms with Gasteiger partial charge in [-0.2, -0.15) is 0 Å². The maximum absolute atomic E-state index is 12.7. The Morgan fingerprint density at radius 3 is 2.72 bits per heavy atom. The van der Waals surface area contributed by atoms with Crippen LogP contribution in [0.15, 0.2) is 48.7 Å². The highest BCUT2D eigenvalue weighted by Crippen LogP contribution is 2.32. The molecule has 2 aromatic carbocycles. The molecule has 25 heavy (non-hydrogen) atoms. The number of Topliss-reactive ketones (excluding diaryl/α,β-unsaturated/α-hetero) is 1. The third-order valence-corrected chi connectivity index (χ3v) is 3.89. The van der Waals surface area contributed by atoms with Crippen molar-refractivity contribution in [3.05, 3.63) is 64.3 Å². The first kappa shape index (κ1) is 16.5. The molecule has 1 aromatic heterocycles. The molecule has 1 heterocycles. The van der Waals surface area contributed by atoms with Crippen LogP contribution in [0.5, 0.6) is 11.5 Å². The number of rotatable bonds is 6. The average Bonchev–Trinajstić information content (AvgIpc) is 3.05. The van der Waals surface area contributed by atoms with Crippen LogP contribution in [0.2, 0.25) is 0 Å². The van der Waals surface area contributed by atoms with E-state index in [1.165, 1.54) is 19.2 Å². The third-order valence-electron chi connectivity index (χ3n) is 3.89. The van der Waals surface area contributed by atoms with Gasteiger partial charge in [-0.05, 0) is 25.1 Å². The maximum atomic E-state index is 12.7. The molecule has 0 bridgehead atoms. The number of aromatic amines is 1. The normalized spacial score (nSPS) is 11.9.